The molecular weight excluding hydrogens is 327 g/mol. The van der Waals surface area contributed by atoms with Crippen LogP contribution in [0.2, 0.25) is 0 Å². The Hall–Kier alpha value is -1.43. The first-order valence-electron chi connectivity index (χ1n) is 6.41. The largest absolute Gasteiger partial charge is 0.355 e. The van der Waals surface area contributed by atoms with Crippen LogP contribution in [0.3, 0.4) is 0 Å². The summed E-state index contributed by atoms with van der Waals surface area (Å²) in [5.41, 5.74) is 1.02. The van der Waals surface area contributed by atoms with Gasteiger partial charge in [0.25, 0.3) is 0 Å². The zero-order valence-corrected chi connectivity index (χ0v) is 13.1. The predicted octanol–water partition coefficient (Wildman–Crippen LogP) is 2.75. The Morgan fingerprint density at radius 2 is 2.10 bits per heavy atom. The molecule has 0 spiro atoms. The van der Waals surface area contributed by atoms with Gasteiger partial charge in [-0.2, -0.15) is 0 Å². The minimum Gasteiger partial charge on any atom is -0.355 e. The van der Waals surface area contributed by atoms with E-state index in [0.29, 0.717) is 17.7 Å². The lowest BCUT2D eigenvalue weighted by Crippen LogP contribution is -2.33. The summed E-state index contributed by atoms with van der Waals surface area (Å²) >= 11 is 3.23. The molecule has 2 N–H and O–H groups in total. The van der Waals surface area contributed by atoms with E-state index in [2.05, 4.69) is 26.6 Å². The fraction of sp³-hybridized carbons (Fsp3) is 0.429. The van der Waals surface area contributed by atoms with E-state index in [-0.39, 0.29) is 35.4 Å². The quantitative estimate of drug-likeness (QED) is 0.779. The second-order valence-electron chi connectivity index (χ2n) is 4.43. The monoisotopic (exact) mass is 344 g/mol. The number of hydrogen-bond donors (Lipinski definition) is 2. The number of carbonyl (C=O) groups excluding carboxylic acids is 2. The van der Waals surface area contributed by atoms with Gasteiger partial charge in [0, 0.05) is 18.7 Å². The molecule has 0 aliphatic carbocycles. The first-order valence-corrected chi connectivity index (χ1v) is 7.33. The lowest BCUT2D eigenvalue weighted by molar-refractivity contribution is -0.120. The van der Waals surface area contributed by atoms with E-state index < -0.39 is 0 Å². The Balaban J connectivity index is 2.37. The second-order valence-corrected chi connectivity index (χ2v) is 5.53. The molecule has 0 unspecified atom stereocenters. The lowest BCUT2D eigenvalue weighted by Gasteiger charge is -2.09. The molecule has 6 heteroatoms. The van der Waals surface area contributed by atoms with Gasteiger partial charge >= 0.3 is 0 Å². The van der Waals surface area contributed by atoms with Gasteiger partial charge in [0.2, 0.25) is 11.8 Å². The van der Waals surface area contributed by atoms with Crippen molar-refractivity contribution >= 4 is 33.4 Å². The van der Waals surface area contributed by atoms with E-state index in [1.165, 1.54) is 12.1 Å². The third-order valence-corrected chi connectivity index (χ3v) is 3.80. The van der Waals surface area contributed by atoms with E-state index in [9.17, 15) is 14.0 Å². The summed E-state index contributed by atoms with van der Waals surface area (Å²) in [5.74, 6) is -0.657. The van der Waals surface area contributed by atoms with Crippen molar-refractivity contribution in [2.24, 2.45) is 0 Å². The zero-order chi connectivity index (χ0) is 15.1. The standard InChI is InChI=1S/C14H18BrFN2O2/c1-3-11(15)14(20)17-7-6-13(19)18-10-4-5-12(16)9(2)8-10/h4-5,8,11H,3,6-7H2,1-2H3,(H,17,20)(H,18,19)/t11-/m1/s1. The Morgan fingerprint density at radius 3 is 2.70 bits per heavy atom. The maximum absolute atomic E-state index is 13.1. The smallest absolute Gasteiger partial charge is 0.233 e. The molecule has 0 radical (unpaired) electrons. The molecule has 0 saturated carbocycles. The molecule has 0 aliphatic heterocycles. The lowest BCUT2D eigenvalue weighted by atomic mass is 10.2. The fourth-order valence-electron chi connectivity index (χ4n) is 1.54. The highest BCUT2D eigenvalue weighted by Crippen LogP contribution is 2.13. The van der Waals surface area contributed by atoms with E-state index in [4.69, 9.17) is 0 Å². The molecule has 20 heavy (non-hydrogen) atoms. The number of halogens is 2. The molecule has 1 aromatic carbocycles. The third kappa shape index (κ3) is 5.28. The number of benzene rings is 1. The number of aryl methyl sites for hydroxylation is 1. The molecule has 2 amide bonds. The van der Waals surface area contributed by atoms with Crippen LogP contribution in [0.5, 0.6) is 0 Å². The van der Waals surface area contributed by atoms with Crippen LogP contribution in [0, 0.1) is 12.7 Å². The van der Waals surface area contributed by atoms with Gasteiger partial charge in [0.15, 0.2) is 0 Å². The summed E-state index contributed by atoms with van der Waals surface area (Å²) in [7, 11) is 0. The van der Waals surface area contributed by atoms with Gasteiger partial charge in [0.05, 0.1) is 4.83 Å². The van der Waals surface area contributed by atoms with Crippen molar-refractivity contribution in [3.8, 4) is 0 Å². The molecule has 0 fully saturated rings. The Bertz CT molecular complexity index is 494. The van der Waals surface area contributed by atoms with Crippen LogP contribution in [0.25, 0.3) is 0 Å². The summed E-state index contributed by atoms with van der Waals surface area (Å²) in [6.45, 7) is 3.79. The van der Waals surface area contributed by atoms with E-state index in [1.807, 2.05) is 6.92 Å². The van der Waals surface area contributed by atoms with Crippen LogP contribution in [0.1, 0.15) is 25.3 Å². The summed E-state index contributed by atoms with van der Waals surface area (Å²) in [6, 6.07) is 4.38. The highest BCUT2D eigenvalue weighted by molar-refractivity contribution is 9.10. The Kier molecular flexibility index (Phi) is 6.64. The van der Waals surface area contributed by atoms with Gasteiger partial charge < -0.3 is 10.6 Å². The van der Waals surface area contributed by atoms with Crippen molar-refractivity contribution in [1.29, 1.82) is 0 Å². The molecule has 0 saturated heterocycles. The number of rotatable bonds is 6. The number of hydrogen-bond acceptors (Lipinski definition) is 2. The van der Waals surface area contributed by atoms with E-state index >= 15 is 0 Å². The Morgan fingerprint density at radius 1 is 1.40 bits per heavy atom. The maximum atomic E-state index is 13.1. The molecule has 1 aromatic rings. The van der Waals surface area contributed by atoms with Crippen LogP contribution in [0.15, 0.2) is 18.2 Å². The van der Waals surface area contributed by atoms with Gasteiger partial charge in [-0.1, -0.05) is 22.9 Å². The average molecular weight is 345 g/mol. The topological polar surface area (TPSA) is 58.2 Å². The number of amides is 2. The molecular formula is C14H18BrFN2O2. The van der Waals surface area contributed by atoms with Crippen LogP contribution in [-0.4, -0.2) is 23.2 Å². The minimum atomic E-state index is -0.307. The summed E-state index contributed by atoms with van der Waals surface area (Å²) in [4.78, 5) is 22.9. The number of carbonyl (C=O) groups is 2. The molecule has 0 aromatic heterocycles. The molecule has 0 bridgehead atoms. The predicted molar refractivity (Wildman–Crippen MR) is 80.4 cm³/mol. The van der Waals surface area contributed by atoms with Crippen molar-refractivity contribution in [3.05, 3.63) is 29.6 Å². The van der Waals surface area contributed by atoms with Crippen LogP contribution in [-0.2, 0) is 9.59 Å². The normalized spacial score (nSPS) is 11.8. The number of nitrogens with one attached hydrogen (secondary N) is 2. The van der Waals surface area contributed by atoms with Gasteiger partial charge in [-0.15, -0.1) is 0 Å². The third-order valence-electron chi connectivity index (χ3n) is 2.74. The summed E-state index contributed by atoms with van der Waals surface area (Å²) in [5, 5.41) is 5.32. The van der Waals surface area contributed by atoms with Gasteiger partial charge in [-0.05, 0) is 37.1 Å². The average Bonchev–Trinajstić information content (AvgIpc) is 2.41. The maximum Gasteiger partial charge on any atom is 0.233 e. The Labute approximate surface area is 126 Å². The first kappa shape index (κ1) is 16.6. The summed E-state index contributed by atoms with van der Waals surface area (Å²) in [6.07, 6.45) is 0.860. The van der Waals surface area contributed by atoms with Crippen molar-refractivity contribution in [3.63, 3.8) is 0 Å². The number of anilines is 1. The molecule has 110 valence electrons. The van der Waals surface area contributed by atoms with Crippen molar-refractivity contribution in [1.82, 2.24) is 5.32 Å². The van der Waals surface area contributed by atoms with E-state index in [0.717, 1.165) is 0 Å². The fourth-order valence-corrected chi connectivity index (χ4v) is 1.70. The van der Waals surface area contributed by atoms with Crippen LogP contribution >= 0.6 is 15.9 Å². The second kappa shape index (κ2) is 7.99. The molecule has 4 nitrogen and oxygen atoms in total. The first-order chi connectivity index (χ1) is 9.43. The number of alkyl halides is 1. The highest BCUT2D eigenvalue weighted by Gasteiger charge is 2.12. The molecule has 1 rings (SSSR count). The summed E-state index contributed by atoms with van der Waals surface area (Å²) < 4.78 is 13.1. The van der Waals surface area contributed by atoms with Gasteiger partial charge in [0.1, 0.15) is 5.82 Å². The van der Waals surface area contributed by atoms with Gasteiger partial charge in [-0.3, -0.25) is 9.59 Å². The van der Waals surface area contributed by atoms with Gasteiger partial charge in [-0.25, -0.2) is 4.39 Å². The molecule has 0 heterocycles. The highest BCUT2D eigenvalue weighted by atomic mass is 79.9. The van der Waals surface area contributed by atoms with Crippen molar-refractivity contribution in [2.75, 3.05) is 11.9 Å². The van der Waals surface area contributed by atoms with Crippen molar-refractivity contribution < 1.29 is 14.0 Å². The van der Waals surface area contributed by atoms with E-state index in [1.54, 1.807) is 13.0 Å². The zero-order valence-electron chi connectivity index (χ0n) is 11.5. The van der Waals surface area contributed by atoms with Crippen molar-refractivity contribution in [2.45, 2.75) is 31.5 Å². The minimum absolute atomic E-state index is 0.127. The SMILES string of the molecule is CC[C@@H](Br)C(=O)NCCC(=O)Nc1ccc(F)c(C)c1. The van der Waals surface area contributed by atoms with Crippen LogP contribution in [0.4, 0.5) is 10.1 Å². The molecule has 0 aliphatic rings. The van der Waals surface area contributed by atoms with Crippen LogP contribution < -0.4 is 10.6 Å². The molecule has 1 atom stereocenters.